The summed E-state index contributed by atoms with van der Waals surface area (Å²) in [5.74, 6) is -0.562. The van der Waals surface area contributed by atoms with Crippen LogP contribution in [0.5, 0.6) is 0 Å². The Bertz CT molecular complexity index is 450. The zero-order chi connectivity index (χ0) is 15.4. The predicted molar refractivity (Wildman–Crippen MR) is 82.6 cm³/mol. The highest BCUT2D eigenvalue weighted by Crippen LogP contribution is 2.33. The smallest absolute Gasteiger partial charge is 0.132 e. The normalized spacial score (nSPS) is 18.2. The van der Waals surface area contributed by atoms with Gasteiger partial charge in [-0.15, -0.1) is 0 Å². The number of hydrogen-bond donors (Lipinski definition) is 1. The van der Waals surface area contributed by atoms with E-state index in [1.807, 2.05) is 0 Å². The molecule has 0 spiro atoms. The molecule has 0 aliphatic carbocycles. The molecule has 1 aromatic carbocycles. The summed E-state index contributed by atoms with van der Waals surface area (Å²) in [6.07, 6.45) is 1.70. The van der Waals surface area contributed by atoms with E-state index in [4.69, 9.17) is 11.6 Å². The lowest BCUT2D eigenvalue weighted by Crippen LogP contribution is -2.45. The fourth-order valence-corrected chi connectivity index (χ4v) is 3.06. The van der Waals surface area contributed by atoms with Gasteiger partial charge in [0.1, 0.15) is 11.6 Å². The van der Waals surface area contributed by atoms with Gasteiger partial charge in [-0.25, -0.2) is 8.78 Å². The van der Waals surface area contributed by atoms with Gasteiger partial charge in [-0.05, 0) is 30.9 Å². The third-order valence-electron chi connectivity index (χ3n) is 3.99. The number of halogens is 3. The van der Waals surface area contributed by atoms with Crippen molar-refractivity contribution < 1.29 is 8.78 Å². The van der Waals surface area contributed by atoms with E-state index in [0.29, 0.717) is 5.92 Å². The molecular formula is C16H23ClF2N2. The monoisotopic (exact) mass is 316 g/mol. The molecule has 0 radical (unpaired) electrons. The van der Waals surface area contributed by atoms with Crippen molar-refractivity contribution >= 4 is 11.6 Å². The summed E-state index contributed by atoms with van der Waals surface area (Å²) < 4.78 is 28.5. The minimum atomic E-state index is -0.535. The molecule has 1 fully saturated rings. The van der Waals surface area contributed by atoms with Crippen LogP contribution in [0.3, 0.4) is 0 Å². The molecule has 2 nitrogen and oxygen atoms in total. The highest BCUT2D eigenvalue weighted by atomic mass is 35.5. The molecule has 1 aliphatic rings. The summed E-state index contributed by atoms with van der Waals surface area (Å²) in [4.78, 5) is 2.17. The molecule has 5 heteroatoms. The van der Waals surface area contributed by atoms with Crippen LogP contribution in [0.1, 0.15) is 38.3 Å². The Kier molecular flexibility index (Phi) is 5.97. The van der Waals surface area contributed by atoms with Crippen LogP contribution in [0, 0.1) is 17.6 Å². The Morgan fingerprint density at radius 1 is 1.14 bits per heavy atom. The number of piperazine rings is 1. The lowest BCUT2D eigenvalue weighted by Gasteiger charge is -2.36. The van der Waals surface area contributed by atoms with E-state index in [-0.39, 0.29) is 16.6 Å². The predicted octanol–water partition coefficient (Wildman–Crippen LogP) is 4.00. The summed E-state index contributed by atoms with van der Waals surface area (Å²) in [5, 5.41) is 3.38. The van der Waals surface area contributed by atoms with Gasteiger partial charge in [0.25, 0.3) is 0 Å². The van der Waals surface area contributed by atoms with Crippen molar-refractivity contribution in [1.29, 1.82) is 0 Å². The Labute approximate surface area is 130 Å². The van der Waals surface area contributed by atoms with Gasteiger partial charge in [0.2, 0.25) is 0 Å². The van der Waals surface area contributed by atoms with Crippen LogP contribution in [-0.2, 0) is 0 Å². The van der Waals surface area contributed by atoms with Crippen LogP contribution in [0.25, 0.3) is 0 Å². The molecule has 2 rings (SSSR count). The number of benzene rings is 1. The van der Waals surface area contributed by atoms with Gasteiger partial charge in [0, 0.05) is 42.8 Å². The standard InChI is InChI=1S/C16H23ClF2N2/c1-11(2)3-4-15(21-7-5-20-6-8-21)16-13(18)9-12(17)10-14(16)19/h9-11,15,20H,3-8H2,1-2H3/t15-/m1/s1. The maximum atomic E-state index is 14.3. The van der Waals surface area contributed by atoms with Crippen molar-refractivity contribution in [2.45, 2.75) is 32.7 Å². The molecule has 1 saturated heterocycles. The molecule has 21 heavy (non-hydrogen) atoms. The number of nitrogens with one attached hydrogen (secondary N) is 1. The molecule has 0 unspecified atom stereocenters. The summed E-state index contributed by atoms with van der Waals surface area (Å²) in [5.41, 5.74) is 0.168. The topological polar surface area (TPSA) is 15.3 Å². The lowest BCUT2D eigenvalue weighted by molar-refractivity contribution is 0.153. The third-order valence-corrected chi connectivity index (χ3v) is 4.21. The van der Waals surface area contributed by atoms with Crippen molar-refractivity contribution in [3.05, 3.63) is 34.4 Å². The second-order valence-corrected chi connectivity index (χ2v) is 6.49. The molecule has 118 valence electrons. The van der Waals surface area contributed by atoms with Crippen molar-refractivity contribution in [2.24, 2.45) is 5.92 Å². The van der Waals surface area contributed by atoms with Gasteiger partial charge in [-0.1, -0.05) is 25.4 Å². The molecule has 1 aliphatic heterocycles. The summed E-state index contributed by atoms with van der Waals surface area (Å²) in [7, 11) is 0. The Balaban J connectivity index is 2.29. The van der Waals surface area contributed by atoms with Crippen molar-refractivity contribution in [1.82, 2.24) is 10.2 Å². The number of rotatable bonds is 5. The van der Waals surface area contributed by atoms with Gasteiger partial charge < -0.3 is 5.32 Å². The molecule has 1 heterocycles. The molecule has 0 saturated carbocycles. The first-order valence-electron chi connectivity index (χ1n) is 7.58. The molecule has 0 bridgehead atoms. The Morgan fingerprint density at radius 3 is 2.24 bits per heavy atom. The Hall–Kier alpha value is -0.710. The molecule has 0 aromatic heterocycles. The highest BCUT2D eigenvalue weighted by molar-refractivity contribution is 6.30. The van der Waals surface area contributed by atoms with Crippen LogP contribution >= 0.6 is 11.6 Å². The van der Waals surface area contributed by atoms with E-state index in [9.17, 15) is 8.78 Å². The zero-order valence-electron chi connectivity index (χ0n) is 12.6. The fraction of sp³-hybridized carbons (Fsp3) is 0.625. The SMILES string of the molecule is CC(C)CC[C@H](c1c(F)cc(Cl)cc1F)N1CCNCC1. The molecule has 0 amide bonds. The Morgan fingerprint density at radius 2 is 1.71 bits per heavy atom. The molecule has 1 aromatic rings. The first-order chi connectivity index (χ1) is 9.99. The van der Waals surface area contributed by atoms with Crippen molar-refractivity contribution in [3.63, 3.8) is 0 Å². The van der Waals surface area contributed by atoms with Crippen molar-refractivity contribution in [2.75, 3.05) is 26.2 Å². The highest BCUT2D eigenvalue weighted by Gasteiger charge is 2.27. The molecule has 1 atom stereocenters. The molecule has 1 N–H and O–H groups in total. The maximum Gasteiger partial charge on any atom is 0.132 e. The average Bonchev–Trinajstić information content (AvgIpc) is 2.42. The van der Waals surface area contributed by atoms with E-state index in [2.05, 4.69) is 24.1 Å². The summed E-state index contributed by atoms with van der Waals surface area (Å²) in [6.45, 7) is 7.59. The maximum absolute atomic E-state index is 14.3. The number of hydrogen-bond acceptors (Lipinski definition) is 2. The van der Waals surface area contributed by atoms with Gasteiger partial charge in [0.15, 0.2) is 0 Å². The summed E-state index contributed by atoms with van der Waals surface area (Å²) >= 11 is 5.74. The fourth-order valence-electron chi connectivity index (χ4n) is 2.87. The van der Waals surface area contributed by atoms with E-state index in [1.54, 1.807) is 0 Å². The molecular weight excluding hydrogens is 294 g/mol. The summed E-state index contributed by atoms with van der Waals surface area (Å²) in [6, 6.07) is 2.21. The van der Waals surface area contributed by atoms with Gasteiger partial charge in [-0.2, -0.15) is 0 Å². The third kappa shape index (κ3) is 4.38. The lowest BCUT2D eigenvalue weighted by atomic mass is 9.95. The number of nitrogens with zero attached hydrogens (tertiary/aromatic N) is 1. The van der Waals surface area contributed by atoms with E-state index >= 15 is 0 Å². The van der Waals surface area contributed by atoms with E-state index < -0.39 is 11.6 Å². The van der Waals surface area contributed by atoms with Crippen LogP contribution in [0.15, 0.2) is 12.1 Å². The zero-order valence-corrected chi connectivity index (χ0v) is 13.4. The van der Waals surface area contributed by atoms with Crippen molar-refractivity contribution in [3.8, 4) is 0 Å². The second-order valence-electron chi connectivity index (χ2n) is 6.06. The second kappa shape index (κ2) is 7.52. The van der Waals surface area contributed by atoms with Crippen LogP contribution in [0.2, 0.25) is 5.02 Å². The first kappa shape index (κ1) is 16.7. The minimum Gasteiger partial charge on any atom is -0.314 e. The van der Waals surface area contributed by atoms with Gasteiger partial charge in [0.05, 0.1) is 0 Å². The largest absolute Gasteiger partial charge is 0.314 e. The average molecular weight is 317 g/mol. The van der Waals surface area contributed by atoms with Crippen LogP contribution in [0.4, 0.5) is 8.78 Å². The van der Waals surface area contributed by atoms with E-state index in [0.717, 1.165) is 39.0 Å². The van der Waals surface area contributed by atoms with Crippen LogP contribution in [-0.4, -0.2) is 31.1 Å². The quantitative estimate of drug-likeness (QED) is 0.883. The first-order valence-corrected chi connectivity index (χ1v) is 7.96. The van der Waals surface area contributed by atoms with Gasteiger partial charge in [-0.3, -0.25) is 4.90 Å². The van der Waals surface area contributed by atoms with E-state index in [1.165, 1.54) is 12.1 Å². The minimum absolute atomic E-state index is 0.108. The van der Waals surface area contributed by atoms with Crippen LogP contribution < -0.4 is 5.32 Å². The van der Waals surface area contributed by atoms with Gasteiger partial charge >= 0.3 is 0 Å².